The van der Waals surface area contributed by atoms with E-state index in [0.717, 1.165) is 12.0 Å². The van der Waals surface area contributed by atoms with Crippen molar-refractivity contribution in [2.24, 2.45) is 0 Å². The van der Waals surface area contributed by atoms with Gasteiger partial charge in [0.25, 0.3) is 0 Å². The highest BCUT2D eigenvalue weighted by molar-refractivity contribution is 7.91. The van der Waals surface area contributed by atoms with E-state index in [1.807, 2.05) is 0 Å². The molecule has 1 fully saturated rings. The molecular formula is C8H12N2O3S. The summed E-state index contributed by atoms with van der Waals surface area (Å²) in [6.07, 6.45) is 3.04. The Morgan fingerprint density at radius 2 is 2.36 bits per heavy atom. The van der Waals surface area contributed by atoms with Crippen molar-refractivity contribution in [2.75, 3.05) is 17.2 Å². The highest BCUT2D eigenvalue weighted by Crippen LogP contribution is 2.31. The second-order valence-electron chi connectivity index (χ2n) is 3.60. The topological polar surface area (TPSA) is 86.2 Å². The highest BCUT2D eigenvalue weighted by atomic mass is 32.2. The molecular weight excluding hydrogens is 204 g/mol. The second-order valence-corrected chi connectivity index (χ2v) is 5.83. The van der Waals surface area contributed by atoms with Crippen LogP contribution in [0, 0.1) is 0 Å². The number of aromatic nitrogens is 1. The predicted molar refractivity (Wildman–Crippen MR) is 51.5 cm³/mol. The number of sulfone groups is 1. The van der Waals surface area contributed by atoms with Crippen LogP contribution < -0.4 is 5.73 Å². The fourth-order valence-electron chi connectivity index (χ4n) is 1.83. The third-order valence-corrected chi connectivity index (χ3v) is 4.35. The SMILES string of the molecule is Nc1oncc1C1CCCS(=O)(=O)C1. The maximum Gasteiger partial charge on any atom is 0.225 e. The van der Waals surface area contributed by atoms with Crippen LogP contribution in [0.15, 0.2) is 10.7 Å². The summed E-state index contributed by atoms with van der Waals surface area (Å²) in [5, 5.41) is 3.55. The summed E-state index contributed by atoms with van der Waals surface area (Å²) in [4.78, 5) is 0. The maximum absolute atomic E-state index is 11.4. The molecule has 5 nitrogen and oxygen atoms in total. The van der Waals surface area contributed by atoms with Gasteiger partial charge in [-0.25, -0.2) is 8.42 Å². The third kappa shape index (κ3) is 1.75. The first kappa shape index (κ1) is 9.51. The van der Waals surface area contributed by atoms with Crippen LogP contribution in [0.25, 0.3) is 0 Å². The molecule has 1 atom stereocenters. The Morgan fingerprint density at radius 3 is 2.93 bits per heavy atom. The summed E-state index contributed by atoms with van der Waals surface area (Å²) in [5.74, 6) is 0.653. The minimum atomic E-state index is -2.90. The Hall–Kier alpha value is -1.04. The summed E-state index contributed by atoms with van der Waals surface area (Å²) < 4.78 is 27.5. The van der Waals surface area contributed by atoms with E-state index in [2.05, 4.69) is 5.16 Å². The zero-order valence-corrected chi connectivity index (χ0v) is 8.46. The first-order valence-electron chi connectivity index (χ1n) is 4.49. The molecule has 1 aromatic rings. The lowest BCUT2D eigenvalue weighted by Gasteiger charge is -2.20. The number of nitrogen functional groups attached to an aromatic ring is 1. The molecule has 2 N–H and O–H groups in total. The molecule has 0 amide bonds. The van der Waals surface area contributed by atoms with Crippen LogP contribution in [-0.2, 0) is 9.84 Å². The number of nitrogens with two attached hydrogens (primary N) is 1. The number of hydrogen-bond donors (Lipinski definition) is 1. The Bertz CT molecular complexity index is 424. The lowest BCUT2D eigenvalue weighted by molar-refractivity contribution is 0.435. The van der Waals surface area contributed by atoms with Crippen molar-refractivity contribution >= 4 is 15.7 Å². The molecule has 78 valence electrons. The van der Waals surface area contributed by atoms with Gasteiger partial charge in [-0.05, 0) is 12.8 Å². The molecule has 2 heterocycles. The van der Waals surface area contributed by atoms with Crippen molar-refractivity contribution in [3.05, 3.63) is 11.8 Å². The summed E-state index contributed by atoms with van der Waals surface area (Å²) in [7, 11) is -2.90. The lowest BCUT2D eigenvalue weighted by atomic mass is 9.98. The number of rotatable bonds is 1. The molecule has 2 rings (SSSR count). The van der Waals surface area contributed by atoms with Crippen LogP contribution in [0.4, 0.5) is 5.88 Å². The van der Waals surface area contributed by atoms with Gasteiger partial charge in [-0.15, -0.1) is 0 Å². The summed E-state index contributed by atoms with van der Waals surface area (Å²) >= 11 is 0. The van der Waals surface area contributed by atoms with Crippen LogP contribution in [0.1, 0.15) is 24.3 Å². The Balaban J connectivity index is 2.24. The van der Waals surface area contributed by atoms with Crippen LogP contribution >= 0.6 is 0 Å². The number of anilines is 1. The van der Waals surface area contributed by atoms with Gasteiger partial charge >= 0.3 is 0 Å². The quantitative estimate of drug-likeness (QED) is 0.740. The molecule has 0 radical (unpaired) electrons. The minimum Gasteiger partial charge on any atom is -0.367 e. The molecule has 1 saturated heterocycles. The monoisotopic (exact) mass is 216 g/mol. The fourth-order valence-corrected chi connectivity index (χ4v) is 3.56. The van der Waals surface area contributed by atoms with E-state index in [4.69, 9.17) is 10.3 Å². The van der Waals surface area contributed by atoms with Gasteiger partial charge in [0.2, 0.25) is 5.88 Å². The molecule has 0 aliphatic carbocycles. The molecule has 1 unspecified atom stereocenters. The molecule has 0 spiro atoms. The van der Waals surface area contributed by atoms with E-state index in [-0.39, 0.29) is 23.3 Å². The summed E-state index contributed by atoms with van der Waals surface area (Å²) in [6, 6.07) is 0. The first-order valence-corrected chi connectivity index (χ1v) is 6.31. The van der Waals surface area contributed by atoms with Crippen molar-refractivity contribution in [1.29, 1.82) is 0 Å². The molecule has 6 heteroatoms. The third-order valence-electron chi connectivity index (χ3n) is 2.53. The Kier molecular flexibility index (Phi) is 2.22. The average Bonchev–Trinajstić information content (AvgIpc) is 2.49. The number of hydrogen-bond acceptors (Lipinski definition) is 5. The molecule has 1 aliphatic heterocycles. The van der Waals surface area contributed by atoms with Crippen molar-refractivity contribution in [3.8, 4) is 0 Å². The average molecular weight is 216 g/mol. The van der Waals surface area contributed by atoms with E-state index in [1.165, 1.54) is 6.20 Å². The smallest absolute Gasteiger partial charge is 0.225 e. The van der Waals surface area contributed by atoms with E-state index in [9.17, 15) is 8.42 Å². The normalized spacial score (nSPS) is 26.1. The molecule has 1 aromatic heterocycles. The van der Waals surface area contributed by atoms with Crippen LogP contribution in [0.2, 0.25) is 0 Å². The van der Waals surface area contributed by atoms with E-state index in [0.29, 0.717) is 6.42 Å². The lowest BCUT2D eigenvalue weighted by Crippen LogP contribution is -2.23. The van der Waals surface area contributed by atoms with Gasteiger partial charge in [-0.1, -0.05) is 5.16 Å². The van der Waals surface area contributed by atoms with Crippen LogP contribution in [0.5, 0.6) is 0 Å². The molecule has 0 aromatic carbocycles. The van der Waals surface area contributed by atoms with Gasteiger partial charge < -0.3 is 10.3 Å². The zero-order valence-electron chi connectivity index (χ0n) is 7.64. The van der Waals surface area contributed by atoms with E-state index >= 15 is 0 Å². The second kappa shape index (κ2) is 3.27. The molecule has 0 saturated carbocycles. The number of nitrogens with zero attached hydrogens (tertiary/aromatic N) is 1. The highest BCUT2D eigenvalue weighted by Gasteiger charge is 2.28. The maximum atomic E-state index is 11.4. The van der Waals surface area contributed by atoms with E-state index < -0.39 is 9.84 Å². The molecule has 1 aliphatic rings. The van der Waals surface area contributed by atoms with Gasteiger partial charge in [0.15, 0.2) is 9.84 Å². The summed E-state index contributed by atoms with van der Waals surface area (Å²) in [5.41, 5.74) is 6.27. The van der Waals surface area contributed by atoms with Gasteiger partial charge in [0, 0.05) is 11.5 Å². The molecule has 0 bridgehead atoms. The fraction of sp³-hybridized carbons (Fsp3) is 0.625. The molecule has 14 heavy (non-hydrogen) atoms. The van der Waals surface area contributed by atoms with Crippen LogP contribution in [0.3, 0.4) is 0 Å². The standard InChI is InChI=1S/C8H12N2O3S/c9-8-7(4-10-13-8)6-2-1-3-14(11,12)5-6/h4,6H,1-3,5,9H2. The predicted octanol–water partition coefficient (Wildman–Crippen LogP) is 0.549. The van der Waals surface area contributed by atoms with Gasteiger partial charge in [-0.3, -0.25) is 0 Å². The van der Waals surface area contributed by atoms with Crippen LogP contribution in [-0.4, -0.2) is 25.1 Å². The first-order chi connectivity index (χ1) is 6.58. The Labute approximate surface area is 82.2 Å². The minimum absolute atomic E-state index is 0.0417. The van der Waals surface area contributed by atoms with Crippen molar-refractivity contribution in [2.45, 2.75) is 18.8 Å². The summed E-state index contributed by atoms with van der Waals surface area (Å²) in [6.45, 7) is 0. The Morgan fingerprint density at radius 1 is 1.57 bits per heavy atom. The van der Waals surface area contributed by atoms with Crippen molar-refractivity contribution in [3.63, 3.8) is 0 Å². The zero-order chi connectivity index (χ0) is 10.2. The van der Waals surface area contributed by atoms with E-state index in [1.54, 1.807) is 0 Å². The van der Waals surface area contributed by atoms with Gasteiger partial charge in [-0.2, -0.15) is 0 Å². The van der Waals surface area contributed by atoms with Gasteiger partial charge in [0.05, 0.1) is 17.7 Å². The van der Waals surface area contributed by atoms with Crippen molar-refractivity contribution < 1.29 is 12.9 Å². The van der Waals surface area contributed by atoms with Gasteiger partial charge in [0.1, 0.15) is 0 Å². The largest absolute Gasteiger partial charge is 0.367 e. The van der Waals surface area contributed by atoms with Crippen molar-refractivity contribution in [1.82, 2.24) is 5.16 Å².